The van der Waals surface area contributed by atoms with Gasteiger partial charge < -0.3 is 0 Å². The number of benzene rings is 2. The van der Waals surface area contributed by atoms with Crippen molar-refractivity contribution in [2.45, 2.75) is 18.2 Å². The first-order valence-electron chi connectivity index (χ1n) is 6.52. The molecule has 0 atom stereocenters. The molecule has 0 unspecified atom stereocenters. The van der Waals surface area contributed by atoms with E-state index >= 15 is 0 Å². The van der Waals surface area contributed by atoms with E-state index in [0.29, 0.717) is 22.2 Å². The Morgan fingerprint density at radius 1 is 1.09 bits per heavy atom. The highest BCUT2D eigenvalue weighted by molar-refractivity contribution is 7.89. The number of halogens is 2. The van der Waals surface area contributed by atoms with Crippen LogP contribution in [0.2, 0.25) is 10.0 Å². The van der Waals surface area contributed by atoms with Gasteiger partial charge in [-0.1, -0.05) is 42.3 Å². The lowest BCUT2D eigenvalue weighted by Gasteiger charge is -2.07. The summed E-state index contributed by atoms with van der Waals surface area (Å²) in [6.07, 6.45) is 0.559. The van der Waals surface area contributed by atoms with E-state index in [1.807, 2.05) is 13.0 Å². The number of hydrogen-bond donors (Lipinski definition) is 1. The second-order valence-electron chi connectivity index (χ2n) is 4.47. The van der Waals surface area contributed by atoms with Crippen LogP contribution >= 0.6 is 23.2 Å². The highest BCUT2D eigenvalue weighted by Gasteiger charge is 2.13. The lowest BCUT2D eigenvalue weighted by Crippen LogP contribution is -2.20. The smallest absolute Gasteiger partial charge is 0.200 e. The lowest BCUT2D eigenvalue weighted by molar-refractivity contribution is 0.584. The quantitative estimate of drug-likeness (QED) is 0.647. The SMILES string of the molecule is CCC(=NNS(=O)(=O)c1ccc(Cl)cc1)c1cccc(Cl)c1. The van der Waals surface area contributed by atoms with Gasteiger partial charge >= 0.3 is 0 Å². The monoisotopic (exact) mass is 356 g/mol. The van der Waals surface area contributed by atoms with Crippen LogP contribution in [-0.2, 0) is 10.0 Å². The standard InChI is InChI=1S/C15H14Cl2N2O2S/c1-2-15(11-4-3-5-13(17)10-11)18-19-22(20,21)14-8-6-12(16)7-9-14/h3-10,19H,2H2,1H3. The molecule has 0 amide bonds. The fraction of sp³-hybridized carbons (Fsp3) is 0.133. The van der Waals surface area contributed by atoms with Gasteiger partial charge in [-0.05, 0) is 48.4 Å². The van der Waals surface area contributed by atoms with Crippen molar-refractivity contribution in [3.8, 4) is 0 Å². The van der Waals surface area contributed by atoms with Gasteiger partial charge in [0.25, 0.3) is 10.0 Å². The molecule has 0 aliphatic rings. The second-order valence-corrected chi connectivity index (χ2v) is 7.00. The average molecular weight is 357 g/mol. The molecule has 116 valence electrons. The molecule has 2 aromatic carbocycles. The van der Waals surface area contributed by atoms with Crippen molar-refractivity contribution in [3.05, 3.63) is 64.1 Å². The van der Waals surface area contributed by atoms with E-state index in [4.69, 9.17) is 23.2 Å². The first kappa shape index (κ1) is 16.8. The van der Waals surface area contributed by atoms with Crippen LogP contribution in [-0.4, -0.2) is 14.1 Å². The molecule has 4 nitrogen and oxygen atoms in total. The summed E-state index contributed by atoms with van der Waals surface area (Å²) in [6.45, 7) is 1.89. The van der Waals surface area contributed by atoms with Crippen LogP contribution in [0.25, 0.3) is 0 Å². The molecule has 2 rings (SSSR count). The third-order valence-electron chi connectivity index (χ3n) is 2.92. The van der Waals surface area contributed by atoms with E-state index in [-0.39, 0.29) is 4.90 Å². The highest BCUT2D eigenvalue weighted by atomic mass is 35.5. The van der Waals surface area contributed by atoms with Crippen LogP contribution in [0.3, 0.4) is 0 Å². The van der Waals surface area contributed by atoms with Crippen LogP contribution in [0.1, 0.15) is 18.9 Å². The van der Waals surface area contributed by atoms with E-state index in [1.165, 1.54) is 24.3 Å². The van der Waals surface area contributed by atoms with Crippen molar-refractivity contribution < 1.29 is 8.42 Å². The van der Waals surface area contributed by atoms with Gasteiger partial charge in [-0.2, -0.15) is 18.4 Å². The Morgan fingerprint density at radius 3 is 2.36 bits per heavy atom. The maximum atomic E-state index is 12.2. The lowest BCUT2D eigenvalue weighted by atomic mass is 10.1. The zero-order chi connectivity index (χ0) is 16.2. The van der Waals surface area contributed by atoms with E-state index < -0.39 is 10.0 Å². The molecular weight excluding hydrogens is 343 g/mol. The summed E-state index contributed by atoms with van der Waals surface area (Å²) in [4.78, 5) is 2.34. The number of nitrogens with one attached hydrogen (secondary N) is 1. The number of hydrogen-bond acceptors (Lipinski definition) is 3. The van der Waals surface area contributed by atoms with Gasteiger partial charge in [-0.15, -0.1) is 0 Å². The summed E-state index contributed by atoms with van der Waals surface area (Å²) in [7, 11) is -3.73. The topological polar surface area (TPSA) is 58.5 Å². The van der Waals surface area contributed by atoms with Crippen LogP contribution in [0.5, 0.6) is 0 Å². The van der Waals surface area contributed by atoms with Crippen molar-refractivity contribution in [2.75, 3.05) is 0 Å². The maximum Gasteiger partial charge on any atom is 0.276 e. The number of nitrogens with zero attached hydrogens (tertiary/aromatic N) is 1. The van der Waals surface area contributed by atoms with Crippen LogP contribution < -0.4 is 4.83 Å². The zero-order valence-electron chi connectivity index (χ0n) is 11.8. The predicted octanol–water partition coefficient (Wildman–Crippen LogP) is 4.09. The molecule has 0 bridgehead atoms. The Kier molecular flexibility index (Phi) is 5.45. The van der Waals surface area contributed by atoms with Gasteiger partial charge in [0.05, 0.1) is 10.6 Å². The minimum absolute atomic E-state index is 0.0993. The fourth-order valence-electron chi connectivity index (χ4n) is 1.80. The van der Waals surface area contributed by atoms with Gasteiger partial charge in [-0.3, -0.25) is 0 Å². The molecule has 0 aromatic heterocycles. The van der Waals surface area contributed by atoms with Gasteiger partial charge in [0.15, 0.2) is 0 Å². The number of hydrazone groups is 1. The second kappa shape index (κ2) is 7.13. The molecule has 0 saturated carbocycles. The molecule has 2 aromatic rings. The molecule has 0 radical (unpaired) electrons. The first-order chi connectivity index (χ1) is 10.4. The molecule has 0 heterocycles. The van der Waals surface area contributed by atoms with Gasteiger partial charge in [0, 0.05) is 10.0 Å². The third-order valence-corrected chi connectivity index (χ3v) is 4.63. The Hall–Kier alpha value is -1.56. The Morgan fingerprint density at radius 2 is 1.77 bits per heavy atom. The van der Waals surface area contributed by atoms with Crippen LogP contribution in [0.15, 0.2) is 58.5 Å². The fourth-order valence-corrected chi connectivity index (χ4v) is 2.94. The van der Waals surface area contributed by atoms with E-state index in [0.717, 1.165) is 5.56 Å². The van der Waals surface area contributed by atoms with Crippen molar-refractivity contribution >= 4 is 38.9 Å². The van der Waals surface area contributed by atoms with Crippen molar-refractivity contribution in [2.24, 2.45) is 5.10 Å². The normalized spacial score (nSPS) is 12.2. The predicted molar refractivity (Wildman–Crippen MR) is 90.1 cm³/mol. The minimum atomic E-state index is -3.73. The Balaban J connectivity index is 2.26. The van der Waals surface area contributed by atoms with E-state index in [2.05, 4.69) is 9.93 Å². The Labute approximate surface area is 139 Å². The molecule has 0 aliphatic carbocycles. The summed E-state index contributed by atoms with van der Waals surface area (Å²) in [6, 6.07) is 13.0. The molecule has 1 N–H and O–H groups in total. The summed E-state index contributed by atoms with van der Waals surface area (Å²) < 4.78 is 24.3. The van der Waals surface area contributed by atoms with Crippen LogP contribution in [0, 0.1) is 0 Å². The molecular formula is C15H14Cl2N2O2S. The third kappa shape index (κ3) is 4.22. The maximum absolute atomic E-state index is 12.2. The molecule has 0 aliphatic heterocycles. The van der Waals surface area contributed by atoms with Crippen molar-refractivity contribution in [3.63, 3.8) is 0 Å². The molecule has 7 heteroatoms. The average Bonchev–Trinajstić information content (AvgIpc) is 2.48. The van der Waals surface area contributed by atoms with Crippen molar-refractivity contribution in [1.29, 1.82) is 0 Å². The zero-order valence-corrected chi connectivity index (χ0v) is 14.1. The Bertz CT molecular complexity index is 787. The summed E-state index contributed by atoms with van der Waals surface area (Å²) in [5.41, 5.74) is 1.37. The molecule has 22 heavy (non-hydrogen) atoms. The largest absolute Gasteiger partial charge is 0.276 e. The number of rotatable bonds is 5. The summed E-state index contributed by atoms with van der Waals surface area (Å²) in [5.74, 6) is 0. The minimum Gasteiger partial charge on any atom is -0.200 e. The molecule has 0 spiro atoms. The van der Waals surface area contributed by atoms with Crippen molar-refractivity contribution in [1.82, 2.24) is 4.83 Å². The first-order valence-corrected chi connectivity index (χ1v) is 8.76. The van der Waals surface area contributed by atoms with Gasteiger partial charge in [0.1, 0.15) is 0 Å². The molecule has 0 fully saturated rings. The van der Waals surface area contributed by atoms with Gasteiger partial charge in [-0.25, -0.2) is 0 Å². The summed E-state index contributed by atoms with van der Waals surface area (Å²) >= 11 is 11.7. The summed E-state index contributed by atoms with van der Waals surface area (Å²) in [5, 5.41) is 5.05. The number of sulfonamides is 1. The molecule has 0 saturated heterocycles. The highest BCUT2D eigenvalue weighted by Crippen LogP contribution is 2.15. The van der Waals surface area contributed by atoms with E-state index in [9.17, 15) is 8.42 Å². The van der Waals surface area contributed by atoms with Gasteiger partial charge in [0.2, 0.25) is 0 Å². The van der Waals surface area contributed by atoms with E-state index in [1.54, 1.807) is 18.2 Å². The van der Waals surface area contributed by atoms with Crippen LogP contribution in [0.4, 0.5) is 0 Å².